The Labute approximate surface area is 208 Å². The maximum absolute atomic E-state index is 14.5. The van der Waals surface area contributed by atoms with Crippen LogP contribution in [0.15, 0.2) is 42.5 Å². The van der Waals surface area contributed by atoms with Gasteiger partial charge in [0.05, 0.1) is 21.1 Å². The Bertz CT molecular complexity index is 1250. The second kappa shape index (κ2) is 8.82. The number of carbonyl (C=O) groups excluding carboxylic acids is 4. The van der Waals surface area contributed by atoms with Gasteiger partial charge < -0.3 is 10.2 Å². The zero-order valence-corrected chi connectivity index (χ0v) is 18.8. The largest absolute Gasteiger partial charge is 0.349 e. The van der Waals surface area contributed by atoms with Gasteiger partial charge in [-0.3, -0.25) is 24.5 Å². The van der Waals surface area contributed by atoms with Crippen molar-refractivity contribution >= 4 is 58.8 Å². The van der Waals surface area contributed by atoms with Crippen molar-refractivity contribution in [1.82, 2.24) is 15.5 Å². The zero-order chi connectivity index (χ0) is 25.7. The van der Waals surface area contributed by atoms with E-state index in [0.29, 0.717) is 11.1 Å². The zero-order valence-electron chi connectivity index (χ0n) is 18.1. The van der Waals surface area contributed by atoms with Gasteiger partial charge in [0.15, 0.2) is 0 Å². The van der Waals surface area contributed by atoms with Crippen LogP contribution in [-0.2, 0) is 33.4 Å². The number of imide groups is 1. The van der Waals surface area contributed by atoms with E-state index in [0.717, 1.165) is 17.0 Å². The Balaban J connectivity index is 1.50. The van der Waals surface area contributed by atoms with Crippen molar-refractivity contribution < 1.29 is 28.0 Å². The Morgan fingerprint density at radius 1 is 1.17 bits per heavy atom. The predicted molar refractivity (Wildman–Crippen MR) is 124 cm³/mol. The highest BCUT2D eigenvalue weighted by Gasteiger charge is 2.53. The molecule has 2 aromatic rings. The van der Waals surface area contributed by atoms with Crippen molar-refractivity contribution in [1.29, 1.82) is 0 Å². The van der Waals surface area contributed by atoms with Crippen LogP contribution in [0.4, 0.5) is 8.78 Å². The van der Waals surface area contributed by atoms with Gasteiger partial charge in [0.1, 0.15) is 7.85 Å². The van der Waals surface area contributed by atoms with E-state index in [2.05, 4.69) is 5.32 Å². The summed E-state index contributed by atoms with van der Waals surface area (Å²) in [5.74, 6) is -10.4. The molecule has 3 atom stereocenters. The summed E-state index contributed by atoms with van der Waals surface area (Å²) in [7, 11) is 17.9. The van der Waals surface area contributed by atoms with Crippen molar-refractivity contribution in [2.24, 2.45) is 0 Å². The van der Waals surface area contributed by atoms with E-state index in [1.807, 2.05) is 5.32 Å². The summed E-state index contributed by atoms with van der Waals surface area (Å²) in [5.41, 5.74) is -1.53. The number of halogens is 3. The van der Waals surface area contributed by atoms with E-state index in [1.165, 1.54) is 30.3 Å². The second-order valence-corrected chi connectivity index (χ2v) is 8.78. The number of carbonyl (C=O) groups is 4. The number of hydrogen-bond donors (Lipinski definition) is 2. The lowest BCUT2D eigenvalue weighted by Gasteiger charge is -2.48. The number of hydrogen-bond acceptors (Lipinski definition) is 4. The van der Waals surface area contributed by atoms with Crippen LogP contribution >= 0.6 is 11.6 Å². The van der Waals surface area contributed by atoms with Gasteiger partial charge in [-0.1, -0.05) is 41.7 Å². The first-order chi connectivity index (χ1) is 16.4. The predicted octanol–water partition coefficient (Wildman–Crippen LogP) is 1.14. The quantitative estimate of drug-likeness (QED) is 0.485. The van der Waals surface area contributed by atoms with Gasteiger partial charge in [-0.15, -0.1) is 0 Å². The molecule has 35 heavy (non-hydrogen) atoms. The normalized spacial score (nSPS) is 24.2. The molecule has 4 amide bonds. The van der Waals surface area contributed by atoms with Gasteiger partial charge in [-0.2, -0.15) is 8.78 Å². The van der Waals surface area contributed by atoms with Crippen molar-refractivity contribution in [2.45, 2.75) is 36.1 Å². The number of nitrogens with one attached hydrogen (secondary N) is 2. The molecule has 0 saturated carbocycles. The van der Waals surface area contributed by atoms with E-state index < -0.39 is 52.2 Å². The highest BCUT2D eigenvalue weighted by molar-refractivity contribution is 6.43. The summed E-state index contributed by atoms with van der Waals surface area (Å²) >= 11 is 5.71. The first kappa shape index (κ1) is 25.0. The molecule has 0 spiro atoms. The smallest absolute Gasteiger partial charge is 0.346 e. The molecule has 172 valence electrons. The molecule has 1 saturated heterocycles. The van der Waals surface area contributed by atoms with E-state index in [4.69, 9.17) is 35.1 Å². The molecule has 2 aromatic carbocycles. The molecule has 0 aliphatic carbocycles. The summed E-state index contributed by atoms with van der Waals surface area (Å²) < 4.78 is 29.0. The number of alkyl halides is 2. The van der Waals surface area contributed by atoms with E-state index in [9.17, 15) is 28.0 Å². The fourth-order valence-corrected chi connectivity index (χ4v) is 4.18. The van der Waals surface area contributed by atoms with Crippen molar-refractivity contribution in [2.75, 3.05) is 0 Å². The monoisotopic (exact) mass is 491 g/mol. The molecule has 6 radical (unpaired) electrons. The SMILES string of the molecule is [B]C1C(=O)NC(=O)C([B])(N2Cc3cc(CNC(=O)C(F)(F)c4ccc(Cl)cc4)ccc3C2=O)C1[B]. The molecular weight excluding hydrogens is 476 g/mol. The molecule has 4 rings (SSSR count). The van der Waals surface area contributed by atoms with Crippen LogP contribution < -0.4 is 10.6 Å². The number of piperidine rings is 1. The maximum atomic E-state index is 14.5. The van der Waals surface area contributed by atoms with Crippen molar-refractivity contribution in [3.63, 3.8) is 0 Å². The third kappa shape index (κ3) is 4.13. The minimum Gasteiger partial charge on any atom is -0.346 e. The highest BCUT2D eigenvalue weighted by atomic mass is 35.5. The molecule has 2 heterocycles. The van der Waals surface area contributed by atoms with Gasteiger partial charge in [-0.25, -0.2) is 0 Å². The van der Waals surface area contributed by atoms with Gasteiger partial charge in [0.25, 0.3) is 11.8 Å². The molecule has 13 heteroatoms. The summed E-state index contributed by atoms with van der Waals surface area (Å²) in [6, 6.07) is 9.06. The van der Waals surface area contributed by atoms with Crippen LogP contribution in [0.25, 0.3) is 0 Å². The molecule has 7 nitrogen and oxygen atoms in total. The maximum Gasteiger partial charge on any atom is 0.349 e. The highest BCUT2D eigenvalue weighted by Crippen LogP contribution is 2.41. The first-order valence-electron chi connectivity index (χ1n) is 10.4. The van der Waals surface area contributed by atoms with Gasteiger partial charge in [0, 0.05) is 29.2 Å². The number of nitrogens with zero attached hydrogens (tertiary/aromatic N) is 1. The standard InChI is InChI=1S/C22H15B3ClF2N3O4/c23-15-16(24)21(25,19(34)30-17(15)32)31-9-11-7-10(1-6-14(11)18(31)33)8-29-20(35)22(27,28)12-2-4-13(26)5-3-12/h1-7,15-16H,8-9H2,(H,29,35)(H,30,32,34). The summed E-state index contributed by atoms with van der Waals surface area (Å²) in [6.07, 6.45) is 0. The lowest BCUT2D eigenvalue weighted by molar-refractivity contribution is -0.147. The minimum atomic E-state index is -3.79. The second-order valence-electron chi connectivity index (χ2n) is 8.34. The van der Waals surface area contributed by atoms with E-state index >= 15 is 0 Å². The van der Waals surface area contributed by atoms with Crippen LogP contribution in [0.3, 0.4) is 0 Å². The first-order valence-corrected chi connectivity index (χ1v) is 10.8. The number of amides is 4. The Hall–Kier alpha value is -3.14. The van der Waals surface area contributed by atoms with E-state index in [-0.39, 0.29) is 23.7 Å². The Morgan fingerprint density at radius 2 is 1.83 bits per heavy atom. The lowest BCUT2D eigenvalue weighted by Crippen LogP contribution is -2.67. The molecule has 0 aromatic heterocycles. The molecular formula is C22H15B3ClF2N3O4. The topological polar surface area (TPSA) is 95.6 Å². The summed E-state index contributed by atoms with van der Waals surface area (Å²) in [4.78, 5) is 50.5. The molecule has 1 fully saturated rings. The Kier molecular flexibility index (Phi) is 6.29. The van der Waals surface area contributed by atoms with Gasteiger partial charge >= 0.3 is 5.92 Å². The van der Waals surface area contributed by atoms with Gasteiger partial charge in [0.2, 0.25) is 11.8 Å². The number of fused-ring (bicyclic) bond motifs is 1. The summed E-state index contributed by atoms with van der Waals surface area (Å²) in [6.45, 7) is -0.397. The van der Waals surface area contributed by atoms with Crippen LogP contribution in [0.5, 0.6) is 0 Å². The fraction of sp³-hybridized carbons (Fsp3) is 0.273. The molecule has 0 bridgehead atoms. The molecule has 3 unspecified atom stereocenters. The average molecular weight is 491 g/mol. The Morgan fingerprint density at radius 3 is 2.49 bits per heavy atom. The van der Waals surface area contributed by atoms with Crippen LogP contribution in [-0.4, -0.2) is 57.5 Å². The molecule has 2 aliphatic heterocycles. The van der Waals surface area contributed by atoms with Crippen LogP contribution in [0.2, 0.25) is 16.7 Å². The van der Waals surface area contributed by atoms with Crippen molar-refractivity contribution in [3.05, 3.63) is 69.7 Å². The molecule has 2 aliphatic rings. The third-order valence-corrected chi connectivity index (χ3v) is 6.42. The van der Waals surface area contributed by atoms with Crippen molar-refractivity contribution in [3.8, 4) is 0 Å². The van der Waals surface area contributed by atoms with E-state index in [1.54, 1.807) is 0 Å². The average Bonchev–Trinajstić information content (AvgIpc) is 3.16. The van der Waals surface area contributed by atoms with Crippen LogP contribution in [0.1, 0.15) is 27.0 Å². The fourth-order valence-electron chi connectivity index (χ4n) is 4.05. The van der Waals surface area contributed by atoms with Crippen LogP contribution in [0, 0.1) is 0 Å². The molecule has 2 N–H and O–H groups in total. The number of rotatable bonds is 5. The number of benzene rings is 2. The minimum absolute atomic E-state index is 0.143. The summed E-state index contributed by atoms with van der Waals surface area (Å²) in [5, 5.41) is 4.46. The van der Waals surface area contributed by atoms with Gasteiger partial charge in [-0.05, 0) is 35.1 Å². The lowest BCUT2D eigenvalue weighted by atomic mass is 9.48. The third-order valence-electron chi connectivity index (χ3n) is 6.16.